The summed E-state index contributed by atoms with van der Waals surface area (Å²) < 4.78 is 0. The van der Waals surface area contributed by atoms with Crippen LogP contribution in [0, 0.1) is 29.6 Å². The Morgan fingerprint density at radius 2 is 0.779 bits per heavy atom. The van der Waals surface area contributed by atoms with Crippen LogP contribution in [0.2, 0.25) is 0 Å². The molecule has 824 valence electrons. The predicted octanol–water partition coefficient (Wildman–Crippen LogP) is -3.89. The number of aliphatic carboxylic acids is 1. The second-order valence-electron chi connectivity index (χ2n) is 39.2. The monoisotopic (exact) mass is 2110 g/mol. The molecule has 47 nitrogen and oxygen atoms in total. The molecule has 19 atom stereocenters. The van der Waals surface area contributed by atoms with E-state index in [9.17, 15) is 92.0 Å². The first kappa shape index (κ1) is 124. The number of carbonyl (C=O) groups is 21. The molecule has 20 amide bonds. The number of aliphatic hydroxyl groups excluding tert-OH is 1. The Morgan fingerprint density at radius 1 is 0.396 bits per heavy atom. The first-order chi connectivity index (χ1) is 70.7. The average Bonchev–Trinajstić information content (AvgIpc) is 1.65. The molecule has 149 heavy (non-hydrogen) atoms. The van der Waals surface area contributed by atoms with Crippen LogP contribution in [0.4, 0.5) is 0 Å². The molecule has 6 rings (SSSR count). The maximum atomic E-state index is 15.3. The van der Waals surface area contributed by atoms with Gasteiger partial charge in [-0.15, -0.1) is 0 Å². The number of hydrogen-bond acceptors (Lipinski definition) is 27. The standard InChI is InChI=1S/C101H155N23O24S/c1-11-58(9)83(85(106)132)120-91(138)67(46-55(3)4)112-89(136)69(49-62-35-37-63(126)38-36-62)116-98(145)82(57(7)8)119-92(139)70(48-61-28-17-14-18-29-61)115-96(143)74-32-23-43-122(74)99(146)66(31-20-22-42-103)111-90(137)71(50-77(105)127)114-88(135)68(47-60-26-15-13-16-27-60)113-86(133)64(30-19-21-41-102)110-97(144)81(56(5)6)118-87(134)65(39-40-80(130)131)109-95(142)75-33-24-44-123(75)100(147)76-34-25-45-124(76)101(148)84(59(10)12-2)121-93(140)72(53-125)117-94(141)73(54-149)108-79(129)52-107-78(128)51-104/h13-18,26-29,35-38,55-59,64-76,81-84,125-126,149H,11-12,19-25,30-34,39-54,102-104H2,1-10H3,(H2,105,127)(H2,106,132)(H,107,128)(H,108,129)(H,109,142)(H,110,144)(H,111,137)(H,112,136)(H,113,133)(H,114,135)(H,115,143)(H,116,145)(H,117,141)(H,118,134)(H,119,139)(H,120,138)(H,121,140)(H,130,131)/t58-,59-,64-,65-,66-,67-,68-,69-,70-,71-,72-,73-,74-,75-,76-,81-,82-,83-,84-/m0/s1. The Hall–Kier alpha value is -13.5. The number of carboxylic acid groups (broad SMARTS) is 1. The van der Waals surface area contributed by atoms with Gasteiger partial charge in [-0.3, -0.25) is 101 Å². The van der Waals surface area contributed by atoms with E-state index in [-0.39, 0.29) is 140 Å². The summed E-state index contributed by atoms with van der Waals surface area (Å²) in [7, 11) is 0. The zero-order valence-corrected chi connectivity index (χ0v) is 87.5. The van der Waals surface area contributed by atoms with Gasteiger partial charge in [0.1, 0.15) is 108 Å². The number of carboxylic acids is 1. The van der Waals surface area contributed by atoms with Gasteiger partial charge in [0.15, 0.2) is 0 Å². The maximum Gasteiger partial charge on any atom is 0.303 e. The number of aromatic hydroxyl groups is 1. The van der Waals surface area contributed by atoms with Crippen LogP contribution < -0.4 is 108 Å². The summed E-state index contributed by atoms with van der Waals surface area (Å²) in [5.74, 6) is -22.0. The van der Waals surface area contributed by atoms with Crippen LogP contribution in [-0.4, -0.2) is 315 Å². The van der Waals surface area contributed by atoms with E-state index in [1.165, 1.54) is 52.8 Å². The van der Waals surface area contributed by atoms with E-state index in [1.807, 2.05) is 20.8 Å². The third-order valence-electron chi connectivity index (χ3n) is 26.5. The van der Waals surface area contributed by atoms with Gasteiger partial charge in [-0.05, 0) is 161 Å². The molecule has 3 aliphatic rings. The number of unbranched alkanes of at least 4 members (excludes halogenated alkanes) is 2. The molecule has 3 fully saturated rings. The van der Waals surface area contributed by atoms with Gasteiger partial charge in [-0.1, -0.05) is 155 Å². The molecule has 0 aliphatic carbocycles. The Labute approximate surface area is 873 Å². The number of aliphatic hydroxyl groups is 1. The van der Waals surface area contributed by atoms with Crippen molar-refractivity contribution in [2.45, 2.75) is 307 Å². The molecule has 3 aromatic carbocycles. The number of nitrogens with two attached hydrogens (primary N) is 5. The first-order valence-corrected chi connectivity index (χ1v) is 51.8. The van der Waals surface area contributed by atoms with Crippen LogP contribution >= 0.6 is 12.6 Å². The van der Waals surface area contributed by atoms with Crippen LogP contribution in [-0.2, 0) is 120 Å². The molecule has 0 spiro atoms. The zero-order valence-electron chi connectivity index (χ0n) is 86.6. The topological polar surface area (TPSA) is 739 Å². The van der Waals surface area contributed by atoms with Gasteiger partial charge in [0, 0.05) is 51.1 Å². The lowest BCUT2D eigenvalue weighted by molar-refractivity contribution is -0.149. The fraction of sp³-hybridized carbons (Fsp3) is 0.614. The van der Waals surface area contributed by atoms with Crippen molar-refractivity contribution in [3.05, 3.63) is 102 Å². The van der Waals surface area contributed by atoms with Crippen LogP contribution in [0.3, 0.4) is 0 Å². The van der Waals surface area contributed by atoms with E-state index in [4.69, 9.17) is 28.7 Å². The van der Waals surface area contributed by atoms with Gasteiger partial charge in [-0.2, -0.15) is 12.6 Å². The van der Waals surface area contributed by atoms with E-state index in [1.54, 1.807) is 95.3 Å². The molecule has 28 N–H and O–H groups in total. The number of carbonyl (C=O) groups excluding carboxylic acids is 20. The molecule has 0 saturated carbocycles. The number of nitrogens with one attached hydrogen (secondary N) is 15. The number of primary amides is 2. The van der Waals surface area contributed by atoms with Gasteiger partial charge in [0.25, 0.3) is 0 Å². The summed E-state index contributed by atoms with van der Waals surface area (Å²) >= 11 is 4.12. The molecule has 0 aromatic heterocycles. The van der Waals surface area contributed by atoms with Crippen molar-refractivity contribution in [1.82, 2.24) is 94.5 Å². The lowest BCUT2D eigenvalue weighted by Crippen LogP contribution is -2.62. The fourth-order valence-corrected chi connectivity index (χ4v) is 17.9. The van der Waals surface area contributed by atoms with Crippen molar-refractivity contribution in [2.75, 3.05) is 58.2 Å². The second kappa shape index (κ2) is 62.7. The van der Waals surface area contributed by atoms with Crippen molar-refractivity contribution in [3.8, 4) is 5.75 Å². The van der Waals surface area contributed by atoms with Crippen LogP contribution in [0.25, 0.3) is 0 Å². The van der Waals surface area contributed by atoms with E-state index >= 15 is 24.0 Å². The highest BCUT2D eigenvalue weighted by molar-refractivity contribution is 7.80. The number of likely N-dealkylation sites (tertiary alicyclic amines) is 3. The molecule has 0 radical (unpaired) electrons. The highest BCUT2D eigenvalue weighted by atomic mass is 32.1. The predicted molar refractivity (Wildman–Crippen MR) is 550 cm³/mol. The quantitative estimate of drug-likeness (QED) is 0.0190. The number of thiol groups is 1. The van der Waals surface area contributed by atoms with Gasteiger partial charge in [0.2, 0.25) is 118 Å². The molecule has 3 heterocycles. The summed E-state index contributed by atoms with van der Waals surface area (Å²) in [6, 6.07) is -1.96. The van der Waals surface area contributed by atoms with Gasteiger partial charge in [-0.25, -0.2) is 0 Å². The zero-order chi connectivity index (χ0) is 111. The van der Waals surface area contributed by atoms with Crippen molar-refractivity contribution >= 4 is 137 Å². The molecular weight excluding hydrogens is 1950 g/mol. The third-order valence-corrected chi connectivity index (χ3v) is 26.9. The summed E-state index contributed by atoms with van der Waals surface area (Å²) in [6.07, 6.45) is -0.133. The molecular formula is C101H155N23O24S. The second-order valence-corrected chi connectivity index (χ2v) is 39.6. The number of rotatable bonds is 63. The summed E-state index contributed by atoms with van der Waals surface area (Å²) in [4.78, 5) is 301. The Kier molecular flexibility index (Phi) is 52.3. The van der Waals surface area contributed by atoms with E-state index in [0.29, 0.717) is 48.8 Å². The maximum absolute atomic E-state index is 15.3. The fourth-order valence-electron chi connectivity index (χ4n) is 17.6. The Bertz CT molecular complexity index is 5050. The van der Waals surface area contributed by atoms with E-state index in [0.717, 1.165) is 0 Å². The molecule has 48 heteroatoms. The molecule has 3 saturated heterocycles. The average molecular weight is 2110 g/mol. The van der Waals surface area contributed by atoms with Crippen LogP contribution in [0.15, 0.2) is 84.9 Å². The first-order valence-electron chi connectivity index (χ1n) is 51.1. The third kappa shape index (κ3) is 39.5. The lowest BCUT2D eigenvalue weighted by Gasteiger charge is -2.35. The van der Waals surface area contributed by atoms with Crippen molar-refractivity contribution in [2.24, 2.45) is 58.3 Å². The number of phenolic OH excluding ortho intramolecular Hbond substituents is 1. The van der Waals surface area contributed by atoms with Crippen LogP contribution in [0.5, 0.6) is 5.75 Å². The highest BCUT2D eigenvalue weighted by Crippen LogP contribution is 2.29. The summed E-state index contributed by atoms with van der Waals surface area (Å²) in [5.41, 5.74) is 30.1. The SMILES string of the molecule is CC[C@H](C)[C@H](NC(=O)[C@H](CC(C)C)NC(=O)[C@H](Cc1ccc(O)cc1)NC(=O)[C@@H](NC(=O)[C@H](Cc1ccccc1)NC(=O)[C@@H]1CCCN1C(=O)[C@H](CCCCN)NC(=O)[C@H](CC(N)=O)NC(=O)[C@H](Cc1ccccc1)NC(=O)[C@H](CCCCN)NC(=O)[C@@H](NC(=O)[C@H](CCC(=O)O)NC(=O)[C@@H]1CCCN1C(=O)[C@@H]1CCCN1C(=O)[C@@H](NC(=O)[C@H](CO)NC(=O)[C@H](CS)NC(=O)CNC(=O)CN)[C@@H](C)CC)C(C)C)C(C)C)C(N)=O. The number of phenols is 1. The largest absolute Gasteiger partial charge is 0.508 e. The summed E-state index contributed by atoms with van der Waals surface area (Å²) in [6.45, 7) is 15.2. The van der Waals surface area contributed by atoms with Crippen LogP contribution in [0.1, 0.15) is 202 Å². The Morgan fingerprint density at radius 3 is 1.26 bits per heavy atom. The van der Waals surface area contributed by atoms with Gasteiger partial charge >= 0.3 is 5.97 Å². The number of benzene rings is 3. The molecule has 3 aromatic rings. The highest BCUT2D eigenvalue weighted by Gasteiger charge is 2.48. The number of amides is 20. The normalized spacial score (nSPS) is 17.6. The van der Waals surface area contributed by atoms with Gasteiger partial charge < -0.3 is 138 Å². The Balaban J connectivity index is 1.20. The lowest BCUT2D eigenvalue weighted by atomic mass is 9.96. The van der Waals surface area contributed by atoms with Crippen molar-refractivity contribution < 1.29 is 116 Å². The smallest absolute Gasteiger partial charge is 0.303 e. The minimum atomic E-state index is -1.87. The van der Waals surface area contributed by atoms with Crippen molar-refractivity contribution in [3.63, 3.8) is 0 Å². The van der Waals surface area contributed by atoms with Gasteiger partial charge in [0.05, 0.1) is 26.1 Å². The van der Waals surface area contributed by atoms with E-state index < -0.39 is 284 Å². The molecule has 0 unspecified atom stereocenters. The van der Waals surface area contributed by atoms with E-state index in [2.05, 4.69) is 92.4 Å². The van der Waals surface area contributed by atoms with Crippen molar-refractivity contribution in [1.29, 1.82) is 0 Å². The summed E-state index contributed by atoms with van der Waals surface area (Å²) in [5, 5.41) is 69.6. The molecule has 3 aliphatic heterocycles. The number of nitrogens with zero attached hydrogens (tertiary/aromatic N) is 3. The minimum Gasteiger partial charge on any atom is -0.508 e. The molecule has 0 bridgehead atoms. The minimum absolute atomic E-state index is 0.00584. The number of hydrogen-bond donors (Lipinski definition) is 24.